The Morgan fingerprint density at radius 1 is 1.62 bits per heavy atom. The average Bonchev–Trinajstić information content (AvgIpc) is 2.51. The van der Waals surface area contributed by atoms with E-state index in [1.807, 2.05) is 11.6 Å². The van der Waals surface area contributed by atoms with Crippen molar-refractivity contribution in [1.29, 1.82) is 0 Å². The van der Waals surface area contributed by atoms with Crippen molar-refractivity contribution in [2.45, 2.75) is 19.1 Å². The summed E-state index contributed by atoms with van der Waals surface area (Å²) in [5.74, 6) is 0.888. The van der Waals surface area contributed by atoms with Gasteiger partial charge in [0.15, 0.2) is 5.82 Å². The van der Waals surface area contributed by atoms with E-state index < -0.39 is 0 Å². The average molecular weight is 182 g/mol. The molecule has 1 aliphatic rings. The zero-order chi connectivity index (χ0) is 9.26. The van der Waals surface area contributed by atoms with Gasteiger partial charge in [-0.2, -0.15) is 0 Å². The van der Waals surface area contributed by atoms with Gasteiger partial charge in [0, 0.05) is 20.1 Å². The molecule has 5 nitrogen and oxygen atoms in total. The number of rotatable bonds is 1. The van der Waals surface area contributed by atoms with Crippen LogP contribution in [0.15, 0.2) is 6.33 Å². The minimum atomic E-state index is 0.0382. The number of hydrogen-bond acceptors (Lipinski definition) is 4. The Morgan fingerprint density at radius 3 is 3.08 bits per heavy atom. The SMILES string of the molecule is CC1CNCC(c2nncn2C)O1. The Bertz CT molecular complexity index is 285. The van der Waals surface area contributed by atoms with Crippen molar-refractivity contribution in [3.8, 4) is 0 Å². The number of nitrogens with one attached hydrogen (secondary N) is 1. The monoisotopic (exact) mass is 182 g/mol. The maximum atomic E-state index is 5.73. The molecule has 0 bridgehead atoms. The van der Waals surface area contributed by atoms with Gasteiger partial charge in [0.2, 0.25) is 0 Å². The number of ether oxygens (including phenoxy) is 1. The molecule has 2 atom stereocenters. The smallest absolute Gasteiger partial charge is 0.163 e. The molecule has 1 aliphatic heterocycles. The van der Waals surface area contributed by atoms with Crippen LogP contribution < -0.4 is 5.32 Å². The van der Waals surface area contributed by atoms with E-state index in [9.17, 15) is 0 Å². The zero-order valence-corrected chi connectivity index (χ0v) is 7.90. The lowest BCUT2D eigenvalue weighted by Gasteiger charge is -2.27. The molecule has 0 spiro atoms. The summed E-state index contributed by atoms with van der Waals surface area (Å²) in [6.07, 6.45) is 1.98. The van der Waals surface area contributed by atoms with E-state index in [-0.39, 0.29) is 12.2 Å². The van der Waals surface area contributed by atoms with Gasteiger partial charge in [-0.1, -0.05) is 0 Å². The number of aromatic nitrogens is 3. The van der Waals surface area contributed by atoms with E-state index in [0.29, 0.717) is 0 Å². The van der Waals surface area contributed by atoms with Crippen molar-refractivity contribution in [3.63, 3.8) is 0 Å². The molecule has 0 amide bonds. The van der Waals surface area contributed by atoms with E-state index in [0.717, 1.165) is 18.9 Å². The summed E-state index contributed by atoms with van der Waals surface area (Å²) in [5, 5.41) is 11.1. The fourth-order valence-corrected chi connectivity index (χ4v) is 1.53. The van der Waals surface area contributed by atoms with Crippen molar-refractivity contribution in [1.82, 2.24) is 20.1 Å². The summed E-state index contributed by atoms with van der Waals surface area (Å²) in [6.45, 7) is 3.78. The zero-order valence-electron chi connectivity index (χ0n) is 7.90. The first kappa shape index (κ1) is 8.65. The molecule has 2 heterocycles. The lowest BCUT2D eigenvalue weighted by Crippen LogP contribution is -2.39. The molecule has 5 heteroatoms. The van der Waals surface area contributed by atoms with Crippen LogP contribution in [0.25, 0.3) is 0 Å². The third kappa shape index (κ3) is 1.71. The fourth-order valence-electron chi connectivity index (χ4n) is 1.53. The molecule has 2 unspecified atom stereocenters. The second kappa shape index (κ2) is 3.43. The molecular formula is C8H14N4O. The maximum absolute atomic E-state index is 5.73. The maximum Gasteiger partial charge on any atom is 0.163 e. The van der Waals surface area contributed by atoms with Crippen LogP contribution in [0, 0.1) is 0 Å². The van der Waals surface area contributed by atoms with Gasteiger partial charge in [-0.15, -0.1) is 10.2 Å². The van der Waals surface area contributed by atoms with Gasteiger partial charge >= 0.3 is 0 Å². The van der Waals surface area contributed by atoms with E-state index in [1.54, 1.807) is 6.33 Å². The first-order valence-corrected chi connectivity index (χ1v) is 4.47. The summed E-state index contributed by atoms with van der Waals surface area (Å²) in [6, 6.07) is 0. The Balaban J connectivity index is 2.12. The molecule has 1 saturated heterocycles. The third-order valence-corrected chi connectivity index (χ3v) is 2.19. The highest BCUT2D eigenvalue weighted by Crippen LogP contribution is 2.17. The molecule has 1 aromatic heterocycles. The molecule has 1 fully saturated rings. The second-order valence-electron chi connectivity index (χ2n) is 3.39. The van der Waals surface area contributed by atoms with Crippen molar-refractivity contribution >= 4 is 0 Å². The molecule has 1 aromatic rings. The standard InChI is InChI=1S/C8H14N4O/c1-6-3-9-4-7(13-6)8-11-10-5-12(8)2/h5-7,9H,3-4H2,1-2H3. The van der Waals surface area contributed by atoms with Gasteiger partial charge in [-0.3, -0.25) is 0 Å². The molecule has 13 heavy (non-hydrogen) atoms. The molecule has 1 N–H and O–H groups in total. The van der Waals surface area contributed by atoms with Crippen LogP contribution in [0.5, 0.6) is 0 Å². The molecular weight excluding hydrogens is 168 g/mol. The Hall–Kier alpha value is -0.940. The highest BCUT2D eigenvalue weighted by Gasteiger charge is 2.23. The normalized spacial score (nSPS) is 29.1. The quantitative estimate of drug-likeness (QED) is 0.657. The second-order valence-corrected chi connectivity index (χ2v) is 3.39. The first-order valence-electron chi connectivity index (χ1n) is 4.47. The molecule has 72 valence electrons. The van der Waals surface area contributed by atoms with Gasteiger partial charge in [-0.25, -0.2) is 0 Å². The van der Waals surface area contributed by atoms with Gasteiger partial charge in [-0.05, 0) is 6.92 Å². The Kier molecular flexibility index (Phi) is 2.28. The number of hydrogen-bond donors (Lipinski definition) is 1. The van der Waals surface area contributed by atoms with Crippen molar-refractivity contribution in [2.75, 3.05) is 13.1 Å². The van der Waals surface area contributed by atoms with Crippen LogP contribution in [-0.2, 0) is 11.8 Å². The summed E-state index contributed by atoms with van der Waals surface area (Å²) in [4.78, 5) is 0. The minimum absolute atomic E-state index is 0.0382. The van der Waals surface area contributed by atoms with Crippen molar-refractivity contribution in [3.05, 3.63) is 12.2 Å². The highest BCUT2D eigenvalue weighted by atomic mass is 16.5. The van der Waals surface area contributed by atoms with Crippen LogP contribution in [-0.4, -0.2) is 34.0 Å². The molecule has 0 aromatic carbocycles. The molecule has 0 saturated carbocycles. The number of morpholine rings is 1. The number of nitrogens with zero attached hydrogens (tertiary/aromatic N) is 3. The molecule has 0 aliphatic carbocycles. The van der Waals surface area contributed by atoms with Crippen molar-refractivity contribution < 1.29 is 4.74 Å². The number of aryl methyl sites for hydroxylation is 1. The van der Waals surface area contributed by atoms with Gasteiger partial charge in [0.05, 0.1) is 6.10 Å². The first-order chi connectivity index (χ1) is 6.27. The van der Waals surface area contributed by atoms with E-state index in [2.05, 4.69) is 22.4 Å². The van der Waals surface area contributed by atoms with Crippen molar-refractivity contribution in [2.24, 2.45) is 7.05 Å². The molecule has 0 radical (unpaired) electrons. The largest absolute Gasteiger partial charge is 0.365 e. The van der Waals surface area contributed by atoms with E-state index >= 15 is 0 Å². The van der Waals surface area contributed by atoms with Crippen LogP contribution in [0.4, 0.5) is 0 Å². The predicted molar refractivity (Wildman–Crippen MR) is 47.2 cm³/mol. The molecule has 2 rings (SSSR count). The minimum Gasteiger partial charge on any atom is -0.365 e. The van der Waals surface area contributed by atoms with Crippen LogP contribution >= 0.6 is 0 Å². The van der Waals surface area contributed by atoms with E-state index in [1.165, 1.54) is 0 Å². The van der Waals surface area contributed by atoms with Crippen LogP contribution in [0.1, 0.15) is 18.9 Å². The van der Waals surface area contributed by atoms with Gasteiger partial charge < -0.3 is 14.6 Å². The lowest BCUT2D eigenvalue weighted by molar-refractivity contribution is -0.0345. The highest BCUT2D eigenvalue weighted by molar-refractivity contribution is 4.93. The van der Waals surface area contributed by atoms with Gasteiger partial charge in [0.25, 0.3) is 0 Å². The Morgan fingerprint density at radius 2 is 2.46 bits per heavy atom. The van der Waals surface area contributed by atoms with Crippen LogP contribution in [0.2, 0.25) is 0 Å². The fraction of sp³-hybridized carbons (Fsp3) is 0.750. The topological polar surface area (TPSA) is 52.0 Å². The summed E-state index contributed by atoms with van der Waals surface area (Å²) in [7, 11) is 1.93. The van der Waals surface area contributed by atoms with Crippen LogP contribution in [0.3, 0.4) is 0 Å². The Labute approximate surface area is 77.1 Å². The summed E-state index contributed by atoms with van der Waals surface area (Å²) >= 11 is 0. The predicted octanol–water partition coefficient (Wildman–Crippen LogP) is -0.136. The summed E-state index contributed by atoms with van der Waals surface area (Å²) < 4.78 is 7.62. The van der Waals surface area contributed by atoms with E-state index in [4.69, 9.17) is 4.74 Å². The third-order valence-electron chi connectivity index (χ3n) is 2.19. The van der Waals surface area contributed by atoms with Gasteiger partial charge in [0.1, 0.15) is 12.4 Å². The summed E-state index contributed by atoms with van der Waals surface area (Å²) in [5.41, 5.74) is 0. The lowest BCUT2D eigenvalue weighted by atomic mass is 10.2.